The number of carbonyl (C=O) groups excluding carboxylic acids is 1. The maximum Gasteiger partial charge on any atom is 0.262 e. The molecule has 2 aromatic heterocycles. The lowest BCUT2D eigenvalue weighted by Gasteiger charge is -2.25. The number of rotatable bonds is 6. The van der Waals surface area contributed by atoms with Crippen LogP contribution in [0.4, 0.5) is 0 Å². The second kappa shape index (κ2) is 8.95. The van der Waals surface area contributed by atoms with Gasteiger partial charge in [0.15, 0.2) is 10.8 Å². The molecule has 0 saturated heterocycles. The van der Waals surface area contributed by atoms with Crippen LogP contribution in [0, 0.1) is 0 Å². The van der Waals surface area contributed by atoms with Crippen LogP contribution in [0.5, 0.6) is 0 Å². The Morgan fingerprint density at radius 2 is 1.90 bits per heavy atom. The van der Waals surface area contributed by atoms with Gasteiger partial charge in [-0.2, -0.15) is 5.10 Å². The molecular formula is C22H20ClN5O2S. The minimum absolute atomic E-state index is 0.0771. The van der Waals surface area contributed by atoms with Crippen LogP contribution >= 0.6 is 23.4 Å². The summed E-state index contributed by atoms with van der Waals surface area (Å²) in [6.45, 7) is 1.95. The van der Waals surface area contributed by atoms with E-state index in [-0.39, 0.29) is 23.3 Å². The molecule has 1 N–H and O–H groups in total. The molecule has 0 aliphatic rings. The lowest BCUT2D eigenvalue weighted by Crippen LogP contribution is -2.31. The molecule has 4 rings (SSSR count). The van der Waals surface area contributed by atoms with Gasteiger partial charge < -0.3 is 9.88 Å². The normalized spacial score (nSPS) is 12.1. The second-order valence-electron chi connectivity index (χ2n) is 7.02. The van der Waals surface area contributed by atoms with Crippen molar-refractivity contribution >= 4 is 40.3 Å². The van der Waals surface area contributed by atoms with Gasteiger partial charge in [-0.3, -0.25) is 9.59 Å². The fourth-order valence-corrected chi connectivity index (χ4v) is 4.04. The highest BCUT2D eigenvalue weighted by atomic mass is 35.5. The molecule has 158 valence electrons. The van der Waals surface area contributed by atoms with E-state index in [9.17, 15) is 9.59 Å². The number of aromatic amines is 1. The maximum atomic E-state index is 12.7. The van der Waals surface area contributed by atoms with Crippen molar-refractivity contribution in [1.82, 2.24) is 24.6 Å². The number of aromatic nitrogens is 4. The first-order valence-corrected chi connectivity index (χ1v) is 11.0. The highest BCUT2D eigenvalue weighted by molar-refractivity contribution is 7.99. The number of amides is 1. The van der Waals surface area contributed by atoms with Crippen molar-refractivity contribution in [2.45, 2.75) is 18.1 Å². The van der Waals surface area contributed by atoms with E-state index < -0.39 is 0 Å². The van der Waals surface area contributed by atoms with Crippen molar-refractivity contribution in [2.24, 2.45) is 0 Å². The summed E-state index contributed by atoms with van der Waals surface area (Å²) < 4.78 is 1.62. The molecule has 7 nitrogen and oxygen atoms in total. The molecule has 2 heterocycles. The quantitative estimate of drug-likeness (QED) is 0.351. The third kappa shape index (κ3) is 4.50. The number of benzene rings is 2. The number of para-hydroxylation sites is 1. The van der Waals surface area contributed by atoms with E-state index in [1.165, 1.54) is 18.0 Å². The average molecular weight is 454 g/mol. The third-order valence-corrected chi connectivity index (χ3v) is 6.19. The number of fused-ring (bicyclic) bond motifs is 1. The Kier molecular flexibility index (Phi) is 6.11. The third-order valence-electron chi connectivity index (χ3n) is 5.08. The van der Waals surface area contributed by atoms with Crippen molar-refractivity contribution in [3.8, 4) is 5.69 Å². The van der Waals surface area contributed by atoms with E-state index in [4.69, 9.17) is 11.6 Å². The predicted octanol–water partition coefficient (Wildman–Crippen LogP) is 4.07. The number of nitrogens with zero attached hydrogens (tertiary/aromatic N) is 4. The predicted molar refractivity (Wildman–Crippen MR) is 123 cm³/mol. The van der Waals surface area contributed by atoms with Gasteiger partial charge in [-0.1, -0.05) is 53.7 Å². The zero-order valence-electron chi connectivity index (χ0n) is 16.9. The summed E-state index contributed by atoms with van der Waals surface area (Å²) in [7, 11) is 1.76. The van der Waals surface area contributed by atoms with Gasteiger partial charge in [0.25, 0.3) is 5.56 Å². The lowest BCUT2D eigenvalue weighted by atomic mass is 10.1. The van der Waals surface area contributed by atoms with Gasteiger partial charge in [-0.15, -0.1) is 0 Å². The summed E-state index contributed by atoms with van der Waals surface area (Å²) in [6.07, 6.45) is 1.50. The average Bonchev–Trinajstić information content (AvgIpc) is 3.22. The van der Waals surface area contributed by atoms with Gasteiger partial charge in [0, 0.05) is 12.1 Å². The van der Waals surface area contributed by atoms with E-state index in [2.05, 4.69) is 15.1 Å². The van der Waals surface area contributed by atoms with Crippen LogP contribution in [-0.2, 0) is 4.79 Å². The number of hydrogen-bond donors (Lipinski definition) is 1. The fourth-order valence-electron chi connectivity index (χ4n) is 3.14. The van der Waals surface area contributed by atoms with Gasteiger partial charge in [0.05, 0.1) is 23.7 Å². The summed E-state index contributed by atoms with van der Waals surface area (Å²) in [4.78, 5) is 34.1. The standard InChI is InChI=1S/C22H20ClN5O2S/c1-14(15-8-10-16(23)11-9-15)27(2)19(29)13-31-22-25-20-18(21(30)26-22)12-24-28(20)17-6-4-3-5-7-17/h3-12,14H,13H2,1-2H3,(H,25,26,30). The van der Waals surface area contributed by atoms with Crippen LogP contribution in [0.25, 0.3) is 16.7 Å². The molecule has 2 aromatic carbocycles. The zero-order valence-corrected chi connectivity index (χ0v) is 18.5. The van der Waals surface area contributed by atoms with Crippen molar-refractivity contribution in [2.75, 3.05) is 12.8 Å². The smallest absolute Gasteiger partial charge is 0.262 e. The Labute approximate surface area is 188 Å². The molecule has 0 bridgehead atoms. The Morgan fingerprint density at radius 1 is 1.19 bits per heavy atom. The molecule has 0 aliphatic carbocycles. The first-order chi connectivity index (χ1) is 14.9. The van der Waals surface area contributed by atoms with Crippen LogP contribution in [0.1, 0.15) is 18.5 Å². The van der Waals surface area contributed by atoms with E-state index in [0.29, 0.717) is 21.2 Å². The van der Waals surface area contributed by atoms with Gasteiger partial charge in [-0.05, 0) is 36.8 Å². The molecule has 1 unspecified atom stereocenters. The van der Waals surface area contributed by atoms with Crippen LogP contribution in [0.15, 0.2) is 70.7 Å². The van der Waals surface area contributed by atoms with Gasteiger partial charge in [0.2, 0.25) is 5.91 Å². The van der Waals surface area contributed by atoms with E-state index >= 15 is 0 Å². The van der Waals surface area contributed by atoms with Crippen molar-refractivity contribution < 1.29 is 4.79 Å². The first kappa shape index (κ1) is 21.1. The SMILES string of the molecule is CC(c1ccc(Cl)cc1)N(C)C(=O)CSc1nc2c(cnn2-c2ccccc2)c(=O)[nH]1. The van der Waals surface area contributed by atoms with E-state index in [1.807, 2.05) is 49.4 Å². The minimum atomic E-state index is -0.287. The number of halogens is 1. The molecule has 9 heteroatoms. The van der Waals surface area contributed by atoms with E-state index in [0.717, 1.165) is 11.3 Å². The largest absolute Gasteiger partial charge is 0.338 e. The fraction of sp³-hybridized carbons (Fsp3) is 0.182. The monoisotopic (exact) mass is 453 g/mol. The summed E-state index contributed by atoms with van der Waals surface area (Å²) in [5.74, 6) is 0.0641. The Bertz CT molecular complexity index is 1270. The van der Waals surface area contributed by atoms with Crippen molar-refractivity contribution in [3.63, 3.8) is 0 Å². The highest BCUT2D eigenvalue weighted by Crippen LogP contribution is 2.23. The molecule has 0 radical (unpaired) electrons. The summed E-state index contributed by atoms with van der Waals surface area (Å²) in [6, 6.07) is 16.8. The number of carbonyl (C=O) groups is 1. The van der Waals surface area contributed by atoms with Crippen molar-refractivity contribution in [3.05, 3.63) is 81.7 Å². The zero-order chi connectivity index (χ0) is 22.0. The first-order valence-electron chi connectivity index (χ1n) is 9.61. The Balaban J connectivity index is 1.51. The maximum absolute atomic E-state index is 12.7. The molecule has 1 amide bonds. The molecule has 31 heavy (non-hydrogen) atoms. The molecule has 0 aliphatic heterocycles. The molecule has 0 fully saturated rings. The molecular weight excluding hydrogens is 434 g/mol. The van der Waals surface area contributed by atoms with Gasteiger partial charge >= 0.3 is 0 Å². The van der Waals surface area contributed by atoms with Crippen LogP contribution in [0.3, 0.4) is 0 Å². The Hall–Kier alpha value is -3.10. The van der Waals surface area contributed by atoms with Crippen LogP contribution in [0.2, 0.25) is 5.02 Å². The highest BCUT2D eigenvalue weighted by Gasteiger charge is 2.19. The van der Waals surface area contributed by atoms with E-state index in [1.54, 1.807) is 28.8 Å². The van der Waals surface area contributed by atoms with Crippen molar-refractivity contribution in [1.29, 1.82) is 0 Å². The summed E-state index contributed by atoms with van der Waals surface area (Å²) >= 11 is 7.13. The number of nitrogens with one attached hydrogen (secondary N) is 1. The second-order valence-corrected chi connectivity index (χ2v) is 8.42. The van der Waals surface area contributed by atoms with Gasteiger partial charge in [0.1, 0.15) is 5.39 Å². The van der Waals surface area contributed by atoms with Crippen LogP contribution < -0.4 is 5.56 Å². The van der Waals surface area contributed by atoms with Gasteiger partial charge in [-0.25, -0.2) is 9.67 Å². The van der Waals surface area contributed by atoms with Crippen LogP contribution in [-0.4, -0.2) is 43.4 Å². The number of H-pyrrole nitrogens is 1. The number of hydrogen-bond acceptors (Lipinski definition) is 5. The topological polar surface area (TPSA) is 83.9 Å². The molecule has 1 atom stereocenters. The Morgan fingerprint density at radius 3 is 2.61 bits per heavy atom. The summed E-state index contributed by atoms with van der Waals surface area (Å²) in [5.41, 5.74) is 1.96. The lowest BCUT2D eigenvalue weighted by molar-refractivity contribution is -0.128. The molecule has 4 aromatic rings. The summed E-state index contributed by atoms with van der Waals surface area (Å²) in [5, 5.41) is 5.72. The molecule has 0 saturated carbocycles. The number of thioether (sulfide) groups is 1. The molecule has 0 spiro atoms. The minimum Gasteiger partial charge on any atom is -0.338 e.